The third-order valence-corrected chi connectivity index (χ3v) is 2.55. The Balaban J connectivity index is 2.65. The molecule has 2 N–H and O–H groups in total. The van der Waals surface area contributed by atoms with Gasteiger partial charge in [0.1, 0.15) is 11.3 Å². The normalized spacial score (nSPS) is 13.4. The monoisotopic (exact) mass is 251 g/mol. The largest absolute Gasteiger partial charge is 0.480 e. The first kappa shape index (κ1) is 14.0. The molecule has 0 saturated heterocycles. The second-order valence-electron chi connectivity index (χ2n) is 4.21. The van der Waals surface area contributed by atoms with Gasteiger partial charge >= 0.3 is 12.1 Å². The van der Waals surface area contributed by atoms with Crippen LogP contribution in [0.4, 0.5) is 4.79 Å². The lowest BCUT2D eigenvalue weighted by atomic mass is 9.97. The van der Waals surface area contributed by atoms with Crippen LogP contribution in [0.1, 0.15) is 26.7 Å². The van der Waals surface area contributed by atoms with Crippen LogP contribution in [0.25, 0.3) is 0 Å². The predicted octanol–water partition coefficient (Wildman–Crippen LogP) is 2.42. The van der Waals surface area contributed by atoms with Crippen LogP contribution in [0.5, 0.6) is 5.75 Å². The van der Waals surface area contributed by atoms with Gasteiger partial charge in [0.2, 0.25) is 0 Å². The van der Waals surface area contributed by atoms with Crippen molar-refractivity contribution in [3.63, 3.8) is 0 Å². The highest BCUT2D eigenvalue weighted by Crippen LogP contribution is 2.14. The van der Waals surface area contributed by atoms with Gasteiger partial charge in [-0.1, -0.05) is 31.5 Å². The molecule has 5 heteroatoms. The molecule has 1 aromatic carbocycles. The first-order chi connectivity index (χ1) is 8.48. The Hall–Kier alpha value is -2.04. The van der Waals surface area contributed by atoms with Gasteiger partial charge in [-0.05, 0) is 25.5 Å². The topological polar surface area (TPSA) is 75.6 Å². The fraction of sp³-hybridized carbons (Fsp3) is 0.385. The molecule has 1 atom stereocenters. The zero-order valence-corrected chi connectivity index (χ0v) is 10.5. The van der Waals surface area contributed by atoms with Crippen LogP contribution in [0.2, 0.25) is 0 Å². The second-order valence-corrected chi connectivity index (χ2v) is 4.21. The number of carbonyl (C=O) groups excluding carboxylic acids is 1. The maximum atomic E-state index is 11.6. The summed E-state index contributed by atoms with van der Waals surface area (Å²) in [5.74, 6) is -0.700. The van der Waals surface area contributed by atoms with E-state index in [-0.39, 0.29) is 0 Å². The number of carbonyl (C=O) groups is 2. The molecule has 0 heterocycles. The summed E-state index contributed by atoms with van der Waals surface area (Å²) in [5, 5.41) is 11.5. The molecule has 5 nitrogen and oxygen atoms in total. The Morgan fingerprint density at radius 2 is 1.94 bits per heavy atom. The molecule has 18 heavy (non-hydrogen) atoms. The van der Waals surface area contributed by atoms with E-state index >= 15 is 0 Å². The molecule has 0 saturated carbocycles. The van der Waals surface area contributed by atoms with Crippen LogP contribution in [0.3, 0.4) is 0 Å². The number of ether oxygens (including phenoxy) is 1. The minimum absolute atomic E-state index is 0.340. The van der Waals surface area contributed by atoms with Crippen molar-refractivity contribution >= 4 is 12.1 Å². The van der Waals surface area contributed by atoms with Crippen molar-refractivity contribution in [2.24, 2.45) is 0 Å². The van der Waals surface area contributed by atoms with Gasteiger partial charge in [-0.3, -0.25) is 0 Å². The Kier molecular flexibility index (Phi) is 4.71. The summed E-state index contributed by atoms with van der Waals surface area (Å²) in [7, 11) is 0. The average molecular weight is 251 g/mol. The zero-order valence-electron chi connectivity index (χ0n) is 10.5. The number of para-hydroxylation sites is 1. The third kappa shape index (κ3) is 3.76. The minimum atomic E-state index is -1.30. The van der Waals surface area contributed by atoms with Crippen LogP contribution in [0.15, 0.2) is 30.3 Å². The summed E-state index contributed by atoms with van der Waals surface area (Å²) >= 11 is 0. The average Bonchev–Trinajstić information content (AvgIpc) is 2.30. The molecule has 1 aromatic rings. The Labute approximate surface area is 106 Å². The van der Waals surface area contributed by atoms with Crippen LogP contribution < -0.4 is 10.1 Å². The van der Waals surface area contributed by atoms with Crippen LogP contribution in [0, 0.1) is 0 Å². The number of hydrogen-bond donors (Lipinski definition) is 2. The number of amides is 1. The predicted molar refractivity (Wildman–Crippen MR) is 66.6 cm³/mol. The van der Waals surface area contributed by atoms with Gasteiger partial charge in [0.15, 0.2) is 0 Å². The van der Waals surface area contributed by atoms with Crippen molar-refractivity contribution in [3.8, 4) is 5.75 Å². The van der Waals surface area contributed by atoms with Crippen molar-refractivity contribution in [1.29, 1.82) is 0 Å². The molecule has 0 spiro atoms. The van der Waals surface area contributed by atoms with Crippen molar-refractivity contribution < 1.29 is 19.4 Å². The lowest BCUT2D eigenvalue weighted by molar-refractivity contribution is -0.144. The van der Waals surface area contributed by atoms with Gasteiger partial charge in [0.05, 0.1) is 0 Å². The molecule has 0 bridgehead atoms. The molecule has 0 aromatic heterocycles. The Bertz CT molecular complexity index is 418. The molecule has 0 aliphatic carbocycles. The Morgan fingerprint density at radius 1 is 1.33 bits per heavy atom. The lowest BCUT2D eigenvalue weighted by Gasteiger charge is -2.25. The van der Waals surface area contributed by atoms with Crippen LogP contribution >= 0.6 is 0 Å². The van der Waals surface area contributed by atoms with E-state index < -0.39 is 17.6 Å². The zero-order chi connectivity index (χ0) is 13.6. The summed E-state index contributed by atoms with van der Waals surface area (Å²) in [5.41, 5.74) is -1.30. The third-order valence-electron chi connectivity index (χ3n) is 2.55. The van der Waals surface area contributed by atoms with Crippen LogP contribution in [-0.2, 0) is 4.79 Å². The van der Waals surface area contributed by atoms with E-state index in [4.69, 9.17) is 9.84 Å². The maximum Gasteiger partial charge on any atom is 0.413 e. The number of carboxylic acids is 1. The quantitative estimate of drug-likeness (QED) is 0.842. The van der Waals surface area contributed by atoms with Crippen molar-refractivity contribution in [1.82, 2.24) is 5.32 Å². The fourth-order valence-electron chi connectivity index (χ4n) is 1.57. The van der Waals surface area contributed by atoms with Gasteiger partial charge in [-0.25, -0.2) is 9.59 Å². The molecule has 0 aliphatic rings. The number of hydrogen-bond acceptors (Lipinski definition) is 3. The molecule has 1 amide bonds. The summed E-state index contributed by atoms with van der Waals surface area (Å²) < 4.78 is 4.99. The first-order valence-electron chi connectivity index (χ1n) is 5.76. The van der Waals surface area contributed by atoms with Crippen molar-refractivity contribution in [3.05, 3.63) is 30.3 Å². The van der Waals surface area contributed by atoms with Gasteiger partial charge in [-0.2, -0.15) is 0 Å². The molecular weight excluding hydrogens is 234 g/mol. The molecule has 0 fully saturated rings. The van der Waals surface area contributed by atoms with Gasteiger partial charge in [-0.15, -0.1) is 0 Å². The van der Waals surface area contributed by atoms with E-state index in [1.165, 1.54) is 6.92 Å². The van der Waals surface area contributed by atoms with Gasteiger partial charge in [0, 0.05) is 0 Å². The number of benzene rings is 1. The minimum Gasteiger partial charge on any atom is -0.480 e. The summed E-state index contributed by atoms with van der Waals surface area (Å²) in [6, 6.07) is 8.49. The SMILES string of the molecule is CCCC(C)(NC(=O)Oc1ccccc1)C(=O)O. The van der Waals surface area contributed by atoms with Gasteiger partial charge in [0.25, 0.3) is 0 Å². The molecule has 1 rings (SSSR count). The molecule has 0 radical (unpaired) electrons. The second kappa shape index (κ2) is 6.05. The van der Waals surface area contributed by atoms with Crippen LogP contribution in [-0.4, -0.2) is 22.7 Å². The number of rotatable bonds is 5. The fourth-order valence-corrected chi connectivity index (χ4v) is 1.57. The van der Waals surface area contributed by atoms with E-state index in [9.17, 15) is 9.59 Å². The standard InChI is InChI=1S/C13H17NO4/c1-3-9-13(2,11(15)16)14-12(17)18-10-7-5-4-6-8-10/h4-8H,3,9H2,1-2H3,(H,14,17)(H,15,16). The lowest BCUT2D eigenvalue weighted by Crippen LogP contribution is -2.53. The number of nitrogens with one attached hydrogen (secondary N) is 1. The number of aliphatic carboxylic acids is 1. The van der Waals surface area contributed by atoms with E-state index in [0.29, 0.717) is 18.6 Å². The highest BCUT2D eigenvalue weighted by molar-refractivity contribution is 5.84. The van der Waals surface area contributed by atoms with Crippen molar-refractivity contribution in [2.45, 2.75) is 32.2 Å². The summed E-state index contributed by atoms with van der Waals surface area (Å²) in [4.78, 5) is 22.7. The first-order valence-corrected chi connectivity index (χ1v) is 5.76. The summed E-state index contributed by atoms with van der Waals surface area (Å²) in [6.07, 6.45) is 0.222. The Morgan fingerprint density at radius 3 is 2.44 bits per heavy atom. The van der Waals surface area contributed by atoms with E-state index in [2.05, 4.69) is 5.32 Å². The van der Waals surface area contributed by atoms with E-state index in [1.54, 1.807) is 30.3 Å². The van der Waals surface area contributed by atoms with E-state index in [1.807, 2.05) is 6.92 Å². The molecule has 98 valence electrons. The van der Waals surface area contributed by atoms with Gasteiger partial charge < -0.3 is 15.2 Å². The highest BCUT2D eigenvalue weighted by atomic mass is 16.6. The smallest absolute Gasteiger partial charge is 0.413 e. The summed E-state index contributed by atoms with van der Waals surface area (Å²) in [6.45, 7) is 3.32. The van der Waals surface area contributed by atoms with E-state index in [0.717, 1.165) is 0 Å². The number of carboxylic acid groups (broad SMARTS) is 1. The van der Waals surface area contributed by atoms with Crippen molar-refractivity contribution in [2.75, 3.05) is 0 Å². The molecule has 1 unspecified atom stereocenters. The molecular formula is C13H17NO4. The maximum absolute atomic E-state index is 11.6. The highest BCUT2D eigenvalue weighted by Gasteiger charge is 2.34. The molecule has 0 aliphatic heterocycles.